The molecule has 2 aromatic carbocycles. The normalized spacial score (nSPS) is 16.0. The number of carbonyl (C=O) groups is 4. The second-order valence-corrected chi connectivity index (χ2v) is 7.19. The third-order valence-corrected chi connectivity index (χ3v) is 5.15. The van der Waals surface area contributed by atoms with E-state index in [1.807, 2.05) is 0 Å². The first-order chi connectivity index (χ1) is 13.8. The predicted octanol–water partition coefficient (Wildman–Crippen LogP) is 2.70. The minimum atomic E-state index is -1.30. The van der Waals surface area contributed by atoms with Crippen molar-refractivity contribution in [2.75, 3.05) is 17.3 Å². The summed E-state index contributed by atoms with van der Waals surface area (Å²) in [6, 6.07) is 10.0. The van der Waals surface area contributed by atoms with E-state index in [1.165, 1.54) is 13.2 Å². The largest absolute Gasteiger partial charge is 0.507 e. The van der Waals surface area contributed by atoms with Crippen LogP contribution in [0.5, 0.6) is 11.5 Å². The molecule has 0 radical (unpaired) electrons. The molecule has 1 atom stereocenters. The van der Waals surface area contributed by atoms with E-state index in [2.05, 4.69) is 5.32 Å². The molecule has 1 aliphatic rings. The van der Waals surface area contributed by atoms with E-state index in [0.717, 1.165) is 28.8 Å². The summed E-state index contributed by atoms with van der Waals surface area (Å²) in [5.74, 6) is -2.39. The van der Waals surface area contributed by atoms with Gasteiger partial charge in [0.2, 0.25) is 11.8 Å². The van der Waals surface area contributed by atoms with Crippen molar-refractivity contribution in [1.29, 1.82) is 0 Å². The number of nitrogens with zero attached hydrogens (tertiary/aromatic N) is 1. The fraction of sp³-hybridized carbons (Fsp3) is 0.158. The standard InChI is InChI=1S/C19H16N2O7S/c1-28-12-4-2-3-11(8-12)21-17(24)15(29-19(21)27)9-16(23)20-10-5-6-13(18(25)26)14(22)7-10/h2-8,15,22H,9H2,1H3,(H,20,23)(H,25,26). The van der Waals surface area contributed by atoms with Gasteiger partial charge in [-0.15, -0.1) is 0 Å². The Morgan fingerprint density at radius 2 is 1.97 bits per heavy atom. The summed E-state index contributed by atoms with van der Waals surface area (Å²) in [5.41, 5.74) is 0.219. The molecule has 1 unspecified atom stereocenters. The molecule has 10 heteroatoms. The van der Waals surface area contributed by atoms with E-state index in [0.29, 0.717) is 11.4 Å². The monoisotopic (exact) mass is 416 g/mol. The van der Waals surface area contributed by atoms with E-state index >= 15 is 0 Å². The minimum Gasteiger partial charge on any atom is -0.507 e. The van der Waals surface area contributed by atoms with Crippen molar-refractivity contribution in [1.82, 2.24) is 0 Å². The van der Waals surface area contributed by atoms with Gasteiger partial charge >= 0.3 is 5.97 Å². The predicted molar refractivity (Wildman–Crippen MR) is 106 cm³/mol. The van der Waals surface area contributed by atoms with Crippen LogP contribution in [-0.2, 0) is 9.59 Å². The van der Waals surface area contributed by atoms with Crippen LogP contribution < -0.4 is 15.0 Å². The number of aromatic hydroxyl groups is 1. The van der Waals surface area contributed by atoms with Crippen LogP contribution in [0, 0.1) is 0 Å². The molecule has 1 fully saturated rings. The number of hydrogen-bond acceptors (Lipinski definition) is 7. The summed E-state index contributed by atoms with van der Waals surface area (Å²) in [6.45, 7) is 0. The molecule has 150 valence electrons. The number of rotatable bonds is 6. The van der Waals surface area contributed by atoms with Crippen molar-refractivity contribution in [3.05, 3.63) is 48.0 Å². The van der Waals surface area contributed by atoms with Gasteiger partial charge in [0.05, 0.1) is 12.8 Å². The Morgan fingerprint density at radius 3 is 2.62 bits per heavy atom. The number of benzene rings is 2. The van der Waals surface area contributed by atoms with Gasteiger partial charge in [-0.05, 0) is 36.0 Å². The maximum absolute atomic E-state index is 12.6. The van der Waals surface area contributed by atoms with Crippen molar-refractivity contribution >= 4 is 46.2 Å². The molecule has 2 aromatic rings. The van der Waals surface area contributed by atoms with Crippen molar-refractivity contribution in [2.45, 2.75) is 11.7 Å². The van der Waals surface area contributed by atoms with Crippen molar-refractivity contribution in [3.63, 3.8) is 0 Å². The molecule has 1 aliphatic heterocycles. The molecule has 3 rings (SSSR count). The SMILES string of the molecule is COc1cccc(N2C(=O)SC(CC(=O)Nc3ccc(C(=O)O)c(O)c3)C2=O)c1. The second-order valence-electron chi connectivity index (χ2n) is 6.04. The van der Waals surface area contributed by atoms with E-state index in [-0.39, 0.29) is 17.7 Å². The van der Waals surface area contributed by atoms with E-state index in [9.17, 15) is 24.3 Å². The molecule has 1 saturated heterocycles. The molecule has 0 bridgehead atoms. The second kappa shape index (κ2) is 8.23. The number of phenols is 1. The number of carboxylic acid groups (broad SMARTS) is 1. The van der Waals surface area contributed by atoms with Crippen LogP contribution in [0.15, 0.2) is 42.5 Å². The molecule has 0 aliphatic carbocycles. The summed E-state index contributed by atoms with van der Waals surface area (Å²) in [4.78, 5) is 49.1. The van der Waals surface area contributed by atoms with E-state index in [4.69, 9.17) is 9.84 Å². The van der Waals surface area contributed by atoms with E-state index < -0.39 is 34.0 Å². The van der Waals surface area contributed by atoms with Gasteiger partial charge in [0.25, 0.3) is 5.24 Å². The maximum Gasteiger partial charge on any atom is 0.339 e. The van der Waals surface area contributed by atoms with Gasteiger partial charge in [-0.25, -0.2) is 9.69 Å². The third kappa shape index (κ3) is 4.32. The number of imide groups is 1. The number of ether oxygens (including phenoxy) is 1. The van der Waals surface area contributed by atoms with Crippen molar-refractivity contribution in [2.24, 2.45) is 0 Å². The van der Waals surface area contributed by atoms with Gasteiger partial charge in [0, 0.05) is 24.2 Å². The first kappa shape index (κ1) is 20.2. The number of thioether (sulfide) groups is 1. The third-order valence-electron chi connectivity index (χ3n) is 4.12. The lowest BCUT2D eigenvalue weighted by molar-refractivity contribution is -0.121. The number of hydrogen-bond donors (Lipinski definition) is 3. The molecule has 3 N–H and O–H groups in total. The van der Waals surface area contributed by atoms with Crippen molar-refractivity contribution < 1.29 is 34.1 Å². The Hall–Kier alpha value is -3.53. The first-order valence-electron chi connectivity index (χ1n) is 8.35. The highest BCUT2D eigenvalue weighted by molar-refractivity contribution is 8.15. The average Bonchev–Trinajstić information content (AvgIpc) is 2.94. The Bertz CT molecular complexity index is 1010. The summed E-state index contributed by atoms with van der Waals surface area (Å²) < 4.78 is 5.10. The topological polar surface area (TPSA) is 133 Å². The lowest BCUT2D eigenvalue weighted by atomic mass is 10.1. The zero-order valence-corrected chi connectivity index (χ0v) is 15.9. The summed E-state index contributed by atoms with van der Waals surface area (Å²) in [5, 5.41) is 19.7. The summed E-state index contributed by atoms with van der Waals surface area (Å²) in [7, 11) is 1.47. The molecule has 0 aromatic heterocycles. The van der Waals surface area contributed by atoms with Crippen LogP contribution in [0.25, 0.3) is 0 Å². The highest BCUT2D eigenvalue weighted by Crippen LogP contribution is 2.35. The fourth-order valence-corrected chi connectivity index (χ4v) is 3.73. The number of carbonyl (C=O) groups excluding carboxylic acids is 3. The fourth-order valence-electron chi connectivity index (χ4n) is 2.74. The number of carboxylic acids is 1. The zero-order chi connectivity index (χ0) is 21.1. The van der Waals surface area contributed by atoms with Gasteiger partial charge in [-0.1, -0.05) is 6.07 Å². The molecule has 9 nitrogen and oxygen atoms in total. The van der Waals surface area contributed by atoms with Crippen LogP contribution in [0.2, 0.25) is 0 Å². The van der Waals surface area contributed by atoms with Crippen molar-refractivity contribution in [3.8, 4) is 11.5 Å². The first-order valence-corrected chi connectivity index (χ1v) is 9.23. The molecule has 0 saturated carbocycles. The zero-order valence-electron chi connectivity index (χ0n) is 15.1. The van der Waals surface area contributed by atoms with Crippen LogP contribution >= 0.6 is 11.8 Å². The molecule has 0 spiro atoms. The van der Waals surface area contributed by atoms with Crippen LogP contribution in [0.4, 0.5) is 16.2 Å². The van der Waals surface area contributed by atoms with Crippen LogP contribution in [0.1, 0.15) is 16.8 Å². The molecular formula is C19H16N2O7S. The van der Waals surface area contributed by atoms with Gasteiger partial charge in [-0.2, -0.15) is 0 Å². The number of nitrogens with one attached hydrogen (secondary N) is 1. The summed E-state index contributed by atoms with van der Waals surface area (Å²) in [6.07, 6.45) is -0.267. The van der Waals surface area contributed by atoms with Gasteiger partial charge in [0.15, 0.2) is 0 Å². The number of amides is 3. The quantitative estimate of drug-likeness (QED) is 0.655. The molecule has 3 amide bonds. The average molecular weight is 416 g/mol. The Kier molecular flexibility index (Phi) is 5.74. The van der Waals surface area contributed by atoms with Crippen LogP contribution in [-0.4, -0.2) is 45.6 Å². The minimum absolute atomic E-state index is 0.170. The highest BCUT2D eigenvalue weighted by atomic mass is 32.2. The Morgan fingerprint density at radius 1 is 1.21 bits per heavy atom. The Labute approximate surface area is 169 Å². The van der Waals surface area contributed by atoms with Crippen LogP contribution in [0.3, 0.4) is 0 Å². The maximum atomic E-state index is 12.6. The highest BCUT2D eigenvalue weighted by Gasteiger charge is 2.41. The number of methoxy groups -OCH3 is 1. The van der Waals surface area contributed by atoms with Gasteiger partial charge < -0.3 is 20.3 Å². The van der Waals surface area contributed by atoms with Gasteiger partial charge in [0.1, 0.15) is 22.3 Å². The number of aromatic carboxylic acids is 1. The lowest BCUT2D eigenvalue weighted by Gasteiger charge is -2.14. The summed E-state index contributed by atoms with van der Waals surface area (Å²) >= 11 is 0.747. The molecular weight excluding hydrogens is 400 g/mol. The van der Waals surface area contributed by atoms with Gasteiger partial charge in [-0.3, -0.25) is 14.4 Å². The smallest absolute Gasteiger partial charge is 0.339 e. The Balaban J connectivity index is 1.68. The molecule has 29 heavy (non-hydrogen) atoms. The number of anilines is 2. The lowest BCUT2D eigenvalue weighted by Crippen LogP contribution is -2.32. The molecule has 1 heterocycles. The van der Waals surface area contributed by atoms with E-state index in [1.54, 1.807) is 24.3 Å².